The molecule has 140 valence electrons. The van der Waals surface area contributed by atoms with Crippen LogP contribution in [0.15, 0.2) is 24.3 Å². The van der Waals surface area contributed by atoms with Crippen molar-refractivity contribution in [2.45, 2.75) is 12.7 Å². The van der Waals surface area contributed by atoms with Gasteiger partial charge in [0.25, 0.3) is 0 Å². The van der Waals surface area contributed by atoms with E-state index in [2.05, 4.69) is 14.9 Å². The van der Waals surface area contributed by atoms with Crippen molar-refractivity contribution in [3.8, 4) is 22.8 Å². The van der Waals surface area contributed by atoms with Gasteiger partial charge < -0.3 is 24.6 Å². The largest absolute Gasteiger partial charge is 0.507 e. The van der Waals surface area contributed by atoms with Crippen LogP contribution in [0.25, 0.3) is 11.3 Å². The quantitative estimate of drug-likeness (QED) is 0.828. The van der Waals surface area contributed by atoms with Gasteiger partial charge in [0.15, 0.2) is 5.82 Å². The molecule has 1 atom stereocenters. The Morgan fingerprint density at radius 1 is 1.31 bits per heavy atom. The van der Waals surface area contributed by atoms with Crippen LogP contribution >= 0.6 is 0 Å². The van der Waals surface area contributed by atoms with E-state index in [0.29, 0.717) is 25.5 Å². The van der Waals surface area contributed by atoms with Gasteiger partial charge in [-0.2, -0.15) is 8.78 Å². The fraction of sp³-hybridized carbons (Fsp3) is 0.375. The lowest BCUT2D eigenvalue weighted by Gasteiger charge is -2.32. The number of alkyl halides is 2. The van der Waals surface area contributed by atoms with Gasteiger partial charge in [-0.1, -0.05) is 0 Å². The molecule has 3 rings (SSSR count). The van der Waals surface area contributed by atoms with Crippen molar-refractivity contribution in [3.63, 3.8) is 0 Å². The Bertz CT molecular complexity index is 761. The summed E-state index contributed by atoms with van der Waals surface area (Å²) in [5.74, 6) is -1.55. The third kappa shape index (κ3) is 3.97. The molecule has 26 heavy (non-hydrogen) atoms. The number of hydrogen-bond donors (Lipinski definition) is 2. The van der Waals surface area contributed by atoms with E-state index in [1.165, 1.54) is 6.07 Å². The molecular formula is C16H16F3N3O4. The molecule has 2 aromatic rings. The van der Waals surface area contributed by atoms with Gasteiger partial charge in [-0.3, -0.25) is 0 Å². The lowest BCUT2D eigenvalue weighted by atomic mass is 10.1. The zero-order valence-corrected chi connectivity index (χ0v) is 13.5. The number of benzene rings is 1. The molecule has 10 heteroatoms. The standard InChI is InChI=1S/C16H16F3N3O4/c17-9-5-12(24)15(13(6-9)26-16(18)19)11-1-2-14(21-20-11)22-3-4-25-10(7-22)8-23/h1-2,5-6,10,16,23-24H,3-4,7-8H2/t10-/m0/s1. The first-order valence-corrected chi connectivity index (χ1v) is 7.76. The van der Waals surface area contributed by atoms with Crippen molar-refractivity contribution < 1.29 is 32.9 Å². The van der Waals surface area contributed by atoms with Crippen LogP contribution in [0.4, 0.5) is 19.0 Å². The Kier molecular flexibility index (Phi) is 5.43. The van der Waals surface area contributed by atoms with E-state index in [4.69, 9.17) is 4.74 Å². The molecule has 0 unspecified atom stereocenters. The number of aromatic nitrogens is 2. The molecule has 1 saturated heterocycles. The number of aromatic hydroxyl groups is 1. The number of phenols is 1. The third-order valence-electron chi connectivity index (χ3n) is 3.84. The number of aliphatic hydroxyl groups is 1. The minimum Gasteiger partial charge on any atom is -0.507 e. The molecule has 1 aromatic heterocycles. The van der Waals surface area contributed by atoms with Crippen molar-refractivity contribution in [3.05, 3.63) is 30.1 Å². The monoisotopic (exact) mass is 371 g/mol. The van der Waals surface area contributed by atoms with Crippen LogP contribution in [0.2, 0.25) is 0 Å². The van der Waals surface area contributed by atoms with E-state index >= 15 is 0 Å². The molecule has 0 bridgehead atoms. The summed E-state index contributed by atoms with van der Waals surface area (Å²) in [7, 11) is 0. The molecule has 0 saturated carbocycles. The zero-order valence-electron chi connectivity index (χ0n) is 13.5. The van der Waals surface area contributed by atoms with Crippen LogP contribution in [0.1, 0.15) is 0 Å². The molecule has 7 nitrogen and oxygen atoms in total. The summed E-state index contributed by atoms with van der Waals surface area (Å²) in [6, 6.07) is 4.55. The number of aliphatic hydroxyl groups excluding tert-OH is 1. The molecule has 1 aliphatic rings. The summed E-state index contributed by atoms with van der Waals surface area (Å²) in [5.41, 5.74) is -0.130. The van der Waals surface area contributed by atoms with Crippen LogP contribution in [-0.2, 0) is 4.74 Å². The van der Waals surface area contributed by atoms with E-state index < -0.39 is 23.9 Å². The third-order valence-corrected chi connectivity index (χ3v) is 3.84. The van der Waals surface area contributed by atoms with Gasteiger partial charge in [0.05, 0.1) is 24.9 Å². The summed E-state index contributed by atoms with van der Waals surface area (Å²) in [6.45, 7) is -1.93. The van der Waals surface area contributed by atoms with Gasteiger partial charge in [-0.15, -0.1) is 10.2 Å². The normalized spacial score (nSPS) is 17.6. The maximum atomic E-state index is 13.4. The molecule has 2 heterocycles. The summed E-state index contributed by atoms with van der Waals surface area (Å²) in [6.07, 6.45) is -0.336. The number of hydrogen-bond acceptors (Lipinski definition) is 7. The van der Waals surface area contributed by atoms with Crippen LogP contribution in [0, 0.1) is 5.82 Å². The number of rotatable bonds is 5. The van der Waals surface area contributed by atoms with Gasteiger partial charge in [0, 0.05) is 25.2 Å². The van der Waals surface area contributed by atoms with Crippen LogP contribution in [-0.4, -0.2) is 59.4 Å². The van der Waals surface area contributed by atoms with Gasteiger partial charge in [-0.05, 0) is 12.1 Å². The van der Waals surface area contributed by atoms with E-state index in [0.717, 1.165) is 12.1 Å². The predicted molar refractivity (Wildman–Crippen MR) is 84.8 cm³/mol. The van der Waals surface area contributed by atoms with Crippen molar-refractivity contribution in [1.82, 2.24) is 10.2 Å². The number of morpholine rings is 1. The van der Waals surface area contributed by atoms with Crippen molar-refractivity contribution in [2.24, 2.45) is 0 Å². The molecule has 2 N–H and O–H groups in total. The average molecular weight is 371 g/mol. The SMILES string of the molecule is OC[C@@H]1CN(c2ccc(-c3c(O)cc(F)cc3OC(F)F)nn2)CCO1. The molecule has 1 aliphatic heterocycles. The molecule has 0 spiro atoms. The zero-order chi connectivity index (χ0) is 18.7. The van der Waals surface area contributed by atoms with Crippen LogP contribution < -0.4 is 9.64 Å². The second-order valence-electron chi connectivity index (χ2n) is 5.57. The summed E-state index contributed by atoms with van der Waals surface area (Å²) < 4.78 is 48.1. The minimum absolute atomic E-state index is 0.0499. The molecule has 0 radical (unpaired) electrons. The lowest BCUT2D eigenvalue weighted by Crippen LogP contribution is -2.44. The van der Waals surface area contributed by atoms with E-state index in [1.54, 1.807) is 6.07 Å². The van der Waals surface area contributed by atoms with Gasteiger partial charge in [0.2, 0.25) is 0 Å². The molecule has 1 aromatic carbocycles. The smallest absolute Gasteiger partial charge is 0.387 e. The number of nitrogens with zero attached hydrogens (tertiary/aromatic N) is 3. The highest BCUT2D eigenvalue weighted by molar-refractivity contribution is 5.74. The summed E-state index contributed by atoms with van der Waals surface area (Å²) in [4.78, 5) is 1.85. The second-order valence-corrected chi connectivity index (χ2v) is 5.57. The van der Waals surface area contributed by atoms with Gasteiger partial charge in [-0.25, -0.2) is 4.39 Å². The Labute approximate surface area is 146 Å². The summed E-state index contributed by atoms with van der Waals surface area (Å²) >= 11 is 0. The maximum Gasteiger partial charge on any atom is 0.387 e. The fourth-order valence-electron chi connectivity index (χ4n) is 2.68. The maximum absolute atomic E-state index is 13.4. The second kappa shape index (κ2) is 7.75. The molecule has 1 fully saturated rings. The Balaban J connectivity index is 1.89. The minimum atomic E-state index is -3.19. The first-order valence-electron chi connectivity index (χ1n) is 7.76. The number of anilines is 1. The number of ether oxygens (including phenoxy) is 2. The summed E-state index contributed by atoms with van der Waals surface area (Å²) in [5, 5.41) is 27.1. The predicted octanol–water partition coefficient (Wildman–Crippen LogP) is 1.79. The first-order chi connectivity index (χ1) is 12.5. The first kappa shape index (κ1) is 18.2. The fourth-order valence-corrected chi connectivity index (χ4v) is 2.68. The number of phenolic OH excluding ortho intramolecular Hbond substituents is 1. The topological polar surface area (TPSA) is 87.9 Å². The number of halogens is 3. The van der Waals surface area contributed by atoms with Crippen molar-refractivity contribution in [1.29, 1.82) is 0 Å². The van der Waals surface area contributed by atoms with Crippen LogP contribution in [0.5, 0.6) is 11.5 Å². The van der Waals surface area contributed by atoms with E-state index in [-0.39, 0.29) is 24.0 Å². The molecule has 0 amide bonds. The highest BCUT2D eigenvalue weighted by Crippen LogP contribution is 2.38. The Morgan fingerprint density at radius 3 is 2.77 bits per heavy atom. The molecule has 0 aliphatic carbocycles. The lowest BCUT2D eigenvalue weighted by molar-refractivity contribution is -0.0496. The molecular weight excluding hydrogens is 355 g/mol. The highest BCUT2D eigenvalue weighted by atomic mass is 19.3. The van der Waals surface area contributed by atoms with Gasteiger partial charge >= 0.3 is 6.61 Å². The van der Waals surface area contributed by atoms with Crippen LogP contribution in [0.3, 0.4) is 0 Å². The Morgan fingerprint density at radius 2 is 2.12 bits per heavy atom. The highest BCUT2D eigenvalue weighted by Gasteiger charge is 2.22. The van der Waals surface area contributed by atoms with Crippen molar-refractivity contribution >= 4 is 5.82 Å². The average Bonchev–Trinajstić information content (AvgIpc) is 2.61. The van der Waals surface area contributed by atoms with Gasteiger partial charge in [0.1, 0.15) is 23.0 Å². The van der Waals surface area contributed by atoms with E-state index in [9.17, 15) is 23.4 Å². The van der Waals surface area contributed by atoms with E-state index in [1.807, 2.05) is 4.90 Å². The Hall–Kier alpha value is -2.59. The van der Waals surface area contributed by atoms with Crippen molar-refractivity contribution in [2.75, 3.05) is 31.2 Å².